The monoisotopic (exact) mass is 450 g/mol. The highest BCUT2D eigenvalue weighted by Crippen LogP contribution is 2.33. The molecule has 0 bridgehead atoms. The number of hydrogen-bond acceptors (Lipinski definition) is 3. The van der Waals surface area contributed by atoms with Crippen molar-refractivity contribution in [1.29, 1.82) is 0 Å². The molecular weight excluding hydrogens is 419 g/mol. The summed E-state index contributed by atoms with van der Waals surface area (Å²) in [6.07, 6.45) is 0. The zero-order valence-corrected chi connectivity index (χ0v) is 20.8. The summed E-state index contributed by atoms with van der Waals surface area (Å²) in [4.78, 5) is 0. The molecule has 4 rings (SSSR count). The summed E-state index contributed by atoms with van der Waals surface area (Å²) in [6.45, 7) is 12.4. The average Bonchev–Trinajstić information content (AvgIpc) is 2.79. The molecule has 0 fully saturated rings. The molecule has 0 saturated carbocycles. The van der Waals surface area contributed by atoms with Crippen molar-refractivity contribution < 1.29 is 14.0 Å². The summed E-state index contributed by atoms with van der Waals surface area (Å²) in [5.74, 6) is 2.24. The van der Waals surface area contributed by atoms with Crippen molar-refractivity contribution in [1.82, 2.24) is 0 Å². The van der Waals surface area contributed by atoms with E-state index in [0.717, 1.165) is 44.9 Å². The second-order valence-electron chi connectivity index (χ2n) is 8.96. The van der Waals surface area contributed by atoms with E-state index in [9.17, 15) is 0 Å². The molecule has 4 aromatic carbocycles. The van der Waals surface area contributed by atoms with Crippen LogP contribution in [0.4, 0.5) is 0 Å². The van der Waals surface area contributed by atoms with Crippen LogP contribution in [0.5, 0.6) is 17.2 Å². The Bertz CT molecular complexity index is 1190. The first-order valence-corrected chi connectivity index (χ1v) is 11.6. The van der Waals surface area contributed by atoms with Gasteiger partial charge in [0.15, 0.2) is 0 Å². The highest BCUT2D eigenvalue weighted by molar-refractivity contribution is 6.40. The number of para-hydroxylation sites is 1. The lowest BCUT2D eigenvalue weighted by Gasteiger charge is -2.22. The highest BCUT2D eigenvalue weighted by atomic mass is 16.7. The fraction of sp³-hybridized carbons (Fsp3) is 0.200. The number of rotatable bonds is 7. The van der Waals surface area contributed by atoms with Gasteiger partial charge in [-0.15, -0.1) is 0 Å². The molecule has 34 heavy (non-hydrogen) atoms. The van der Waals surface area contributed by atoms with Crippen LogP contribution in [-0.4, -0.2) is 7.32 Å². The summed E-state index contributed by atoms with van der Waals surface area (Å²) in [5.41, 5.74) is 8.62. The van der Waals surface area contributed by atoms with Crippen LogP contribution in [0.25, 0.3) is 11.1 Å². The smallest absolute Gasteiger partial charge is 0.489 e. The van der Waals surface area contributed by atoms with E-state index >= 15 is 0 Å². The van der Waals surface area contributed by atoms with Gasteiger partial charge in [-0.3, -0.25) is 0 Å². The first-order valence-electron chi connectivity index (χ1n) is 11.6. The van der Waals surface area contributed by atoms with Crippen LogP contribution in [0.3, 0.4) is 0 Å². The second-order valence-corrected chi connectivity index (χ2v) is 8.96. The van der Waals surface area contributed by atoms with E-state index in [0.29, 0.717) is 5.75 Å². The van der Waals surface area contributed by atoms with Crippen molar-refractivity contribution in [3.8, 4) is 28.4 Å². The molecule has 0 radical (unpaired) electrons. The van der Waals surface area contributed by atoms with Gasteiger partial charge in [0.2, 0.25) is 0 Å². The lowest BCUT2D eigenvalue weighted by molar-refractivity contribution is 0.304. The molecule has 0 aromatic heterocycles. The van der Waals surface area contributed by atoms with Gasteiger partial charge in [-0.1, -0.05) is 83.9 Å². The zero-order chi connectivity index (χ0) is 24.2. The van der Waals surface area contributed by atoms with Crippen LogP contribution >= 0.6 is 0 Å². The molecule has 0 heterocycles. The van der Waals surface area contributed by atoms with Crippen LogP contribution in [0.1, 0.15) is 33.4 Å². The minimum Gasteiger partial charge on any atom is -0.489 e. The van der Waals surface area contributed by atoms with E-state index in [1.165, 1.54) is 11.1 Å². The summed E-state index contributed by atoms with van der Waals surface area (Å²) in [6, 6.07) is 26.6. The molecule has 3 nitrogen and oxygen atoms in total. The molecule has 4 heteroatoms. The fourth-order valence-electron chi connectivity index (χ4n) is 4.50. The molecule has 172 valence electrons. The molecule has 0 spiro atoms. The minimum absolute atomic E-state index is 0.698. The Morgan fingerprint density at radius 3 is 1.44 bits per heavy atom. The van der Waals surface area contributed by atoms with Crippen molar-refractivity contribution in [3.05, 3.63) is 112 Å². The summed E-state index contributed by atoms with van der Waals surface area (Å²) < 4.78 is 19.3. The summed E-state index contributed by atoms with van der Waals surface area (Å²) >= 11 is 0. The SMILES string of the molecule is Cc1cc(C)c(OB(Oc2ccccc2-c2ccccc2)Oc2c(C)cc(C)cc2C)c(C)c1. The number of hydrogen-bond donors (Lipinski definition) is 0. The van der Waals surface area contributed by atoms with Crippen LogP contribution in [0.15, 0.2) is 78.9 Å². The Morgan fingerprint density at radius 1 is 0.500 bits per heavy atom. The van der Waals surface area contributed by atoms with E-state index in [2.05, 4.69) is 50.2 Å². The van der Waals surface area contributed by atoms with E-state index in [1.807, 2.05) is 70.2 Å². The molecule has 4 aromatic rings. The van der Waals surface area contributed by atoms with Crippen molar-refractivity contribution >= 4 is 7.32 Å². The van der Waals surface area contributed by atoms with Crippen molar-refractivity contribution in [2.75, 3.05) is 0 Å². The van der Waals surface area contributed by atoms with Gasteiger partial charge in [0.25, 0.3) is 0 Å². The Labute approximate surface area is 203 Å². The van der Waals surface area contributed by atoms with Gasteiger partial charge in [0.05, 0.1) is 0 Å². The topological polar surface area (TPSA) is 27.7 Å². The lowest BCUT2D eigenvalue weighted by Crippen LogP contribution is -2.38. The predicted octanol–water partition coefficient (Wildman–Crippen LogP) is 7.73. The number of aryl methyl sites for hydroxylation is 6. The predicted molar refractivity (Wildman–Crippen MR) is 141 cm³/mol. The molecule has 0 amide bonds. The summed E-state index contributed by atoms with van der Waals surface area (Å²) in [5, 5.41) is 0. The molecule has 0 aliphatic heterocycles. The van der Waals surface area contributed by atoms with Crippen LogP contribution < -0.4 is 14.0 Å². The van der Waals surface area contributed by atoms with Gasteiger partial charge in [-0.05, 0) is 75.4 Å². The quantitative estimate of drug-likeness (QED) is 0.270. The van der Waals surface area contributed by atoms with Crippen LogP contribution in [-0.2, 0) is 0 Å². The lowest BCUT2D eigenvalue weighted by atomic mass is 10.0. The maximum atomic E-state index is 6.44. The van der Waals surface area contributed by atoms with Gasteiger partial charge < -0.3 is 14.0 Å². The molecule has 0 aliphatic carbocycles. The normalized spacial score (nSPS) is 10.6. The van der Waals surface area contributed by atoms with Gasteiger partial charge in [-0.2, -0.15) is 0 Å². The molecule has 0 unspecified atom stereocenters. The molecule has 0 N–H and O–H groups in total. The Kier molecular flexibility index (Phi) is 6.97. The minimum atomic E-state index is -0.968. The van der Waals surface area contributed by atoms with Crippen molar-refractivity contribution in [2.24, 2.45) is 0 Å². The largest absolute Gasteiger partial charge is 0.864 e. The van der Waals surface area contributed by atoms with Crippen molar-refractivity contribution in [2.45, 2.75) is 41.5 Å². The van der Waals surface area contributed by atoms with Gasteiger partial charge in [0.1, 0.15) is 17.2 Å². The Morgan fingerprint density at radius 2 is 0.941 bits per heavy atom. The standard InChI is InChI=1S/C30H31BO3/c1-20-16-22(3)29(23(4)17-20)33-31(34-30-24(5)18-21(2)19-25(30)6)32-28-15-11-10-14-27(28)26-12-8-7-9-13-26/h7-19H,1-6H3. The van der Waals surface area contributed by atoms with E-state index in [4.69, 9.17) is 14.0 Å². The van der Waals surface area contributed by atoms with Crippen LogP contribution in [0.2, 0.25) is 0 Å². The Hall–Kier alpha value is -3.66. The third kappa shape index (κ3) is 5.28. The maximum Gasteiger partial charge on any atom is 0.864 e. The second kappa shape index (κ2) is 10.1. The first-order chi connectivity index (χ1) is 16.3. The first kappa shape index (κ1) is 23.5. The van der Waals surface area contributed by atoms with Crippen molar-refractivity contribution in [3.63, 3.8) is 0 Å². The zero-order valence-electron chi connectivity index (χ0n) is 20.8. The molecule has 0 atom stereocenters. The highest BCUT2D eigenvalue weighted by Gasteiger charge is 2.33. The van der Waals surface area contributed by atoms with Gasteiger partial charge in [0, 0.05) is 5.56 Å². The number of benzene rings is 4. The third-order valence-corrected chi connectivity index (χ3v) is 5.83. The van der Waals surface area contributed by atoms with Gasteiger partial charge >= 0.3 is 7.32 Å². The third-order valence-electron chi connectivity index (χ3n) is 5.83. The van der Waals surface area contributed by atoms with Gasteiger partial charge in [-0.25, -0.2) is 0 Å². The Balaban J connectivity index is 1.74. The summed E-state index contributed by atoms with van der Waals surface area (Å²) in [7, 11) is -0.968. The van der Waals surface area contributed by atoms with E-state index in [-0.39, 0.29) is 0 Å². The van der Waals surface area contributed by atoms with E-state index < -0.39 is 7.32 Å². The van der Waals surface area contributed by atoms with Crippen LogP contribution in [0, 0.1) is 41.5 Å². The van der Waals surface area contributed by atoms with E-state index in [1.54, 1.807) is 0 Å². The molecule has 0 aliphatic rings. The molecular formula is C30H31BO3. The molecule has 0 saturated heterocycles. The average molecular weight is 450 g/mol. The maximum absolute atomic E-state index is 6.44. The fourth-order valence-corrected chi connectivity index (χ4v) is 4.50.